The van der Waals surface area contributed by atoms with Gasteiger partial charge in [-0.2, -0.15) is 13.2 Å². The number of halogens is 3. The van der Waals surface area contributed by atoms with Crippen molar-refractivity contribution < 1.29 is 56.7 Å². The number of phenolic OH excluding ortho intramolecular Hbond substituents is 1. The highest BCUT2D eigenvalue weighted by Crippen LogP contribution is 2.58. The Hall–Kier alpha value is -4.28. The summed E-state index contributed by atoms with van der Waals surface area (Å²) in [4.78, 5) is 40.8. The Labute approximate surface area is 273 Å². The van der Waals surface area contributed by atoms with Gasteiger partial charge in [-0.1, -0.05) is 6.07 Å². The van der Waals surface area contributed by atoms with E-state index < -0.39 is 60.4 Å². The second-order valence-electron chi connectivity index (χ2n) is 12.6. The van der Waals surface area contributed by atoms with E-state index in [9.17, 15) is 37.8 Å². The average molecular weight is 679 g/mol. The Morgan fingerprint density at radius 2 is 1.79 bits per heavy atom. The number of aliphatic hydroxyl groups excluding tert-OH is 1. The zero-order chi connectivity index (χ0) is 35.0. The zero-order valence-corrected chi connectivity index (χ0v) is 27.2. The molecule has 13 nitrogen and oxygen atoms in total. The molecular formula is C32H37F3N4O9. The number of nitrogens with zero attached hydrogens (tertiary/aromatic N) is 2. The molecule has 2 amide bonds. The van der Waals surface area contributed by atoms with Crippen molar-refractivity contribution in [1.82, 2.24) is 20.4 Å². The number of aryl methyl sites for hydroxylation is 1. The molecule has 6 rings (SSSR count). The number of carbonyl (C=O) groups excluding carboxylic acids is 3. The molecule has 0 saturated carbocycles. The molecule has 2 unspecified atom stereocenters. The first-order valence-electron chi connectivity index (χ1n) is 15.4. The minimum Gasteiger partial charge on any atom is -0.504 e. The maximum Gasteiger partial charge on any atom is 0.471 e. The highest BCUT2D eigenvalue weighted by molar-refractivity contribution is 5.89. The number of carbonyl (C=O) groups is 3. The number of rotatable bonds is 6. The van der Waals surface area contributed by atoms with Crippen molar-refractivity contribution in [2.24, 2.45) is 0 Å². The van der Waals surface area contributed by atoms with Crippen LogP contribution in [-0.2, 0) is 27.2 Å². The predicted molar refractivity (Wildman–Crippen MR) is 161 cm³/mol. The number of hydrogen-bond donors (Lipinski definition) is 4. The number of hydrogen-bond acceptors (Lipinski definition) is 11. The molecular weight excluding hydrogens is 641 g/mol. The number of benzene rings is 2. The minimum atomic E-state index is -5.18. The van der Waals surface area contributed by atoms with Gasteiger partial charge in [0.05, 0.1) is 25.2 Å². The van der Waals surface area contributed by atoms with Crippen LogP contribution in [0.25, 0.3) is 0 Å². The Balaban J connectivity index is 1.49. The second kappa shape index (κ2) is 12.0. The van der Waals surface area contributed by atoms with Gasteiger partial charge in [-0.25, -0.2) is 0 Å². The van der Waals surface area contributed by atoms with Crippen molar-refractivity contribution in [3.05, 3.63) is 39.4 Å². The summed E-state index contributed by atoms with van der Waals surface area (Å²) in [6.45, 7) is 5.52. The quantitative estimate of drug-likeness (QED) is 0.262. The lowest BCUT2D eigenvalue weighted by Gasteiger charge is -2.60. The van der Waals surface area contributed by atoms with Gasteiger partial charge in [0.2, 0.25) is 12.7 Å². The number of fused-ring (bicyclic) bond motifs is 9. The van der Waals surface area contributed by atoms with Crippen molar-refractivity contribution in [2.75, 3.05) is 27.5 Å². The third-order valence-electron chi connectivity index (χ3n) is 9.81. The number of phenols is 1. The summed E-state index contributed by atoms with van der Waals surface area (Å²) in [6, 6.07) is -2.09. The van der Waals surface area contributed by atoms with Gasteiger partial charge in [-0.3, -0.25) is 24.2 Å². The third-order valence-corrected chi connectivity index (χ3v) is 9.81. The Morgan fingerprint density at radius 1 is 1.10 bits per heavy atom. The molecule has 48 heavy (non-hydrogen) atoms. The molecule has 2 aromatic carbocycles. The van der Waals surface area contributed by atoms with Crippen molar-refractivity contribution in [1.29, 1.82) is 0 Å². The van der Waals surface area contributed by atoms with Crippen molar-refractivity contribution >= 4 is 17.8 Å². The highest BCUT2D eigenvalue weighted by atomic mass is 19.4. The summed E-state index contributed by atoms with van der Waals surface area (Å²) in [5, 5.41) is 28.0. The van der Waals surface area contributed by atoms with E-state index >= 15 is 0 Å². The molecule has 2 aromatic rings. The first-order valence-corrected chi connectivity index (χ1v) is 15.4. The Bertz CT molecular complexity index is 1700. The topological polar surface area (TPSA) is 159 Å². The molecule has 4 aliphatic rings. The maximum absolute atomic E-state index is 13.1. The summed E-state index contributed by atoms with van der Waals surface area (Å²) < 4.78 is 61.7. The van der Waals surface area contributed by atoms with E-state index in [-0.39, 0.29) is 31.3 Å². The van der Waals surface area contributed by atoms with Crippen molar-refractivity contribution in [3.8, 4) is 28.7 Å². The number of ether oxygens (including phenoxy) is 4. The number of nitrogens with one attached hydrogen (secondary N) is 2. The summed E-state index contributed by atoms with van der Waals surface area (Å²) in [5.41, 5.74) is 3.70. The van der Waals surface area contributed by atoms with Gasteiger partial charge in [0.1, 0.15) is 18.0 Å². The Kier molecular flexibility index (Phi) is 8.40. The first kappa shape index (κ1) is 33.6. The first-order chi connectivity index (χ1) is 22.6. The largest absolute Gasteiger partial charge is 0.504 e. The van der Waals surface area contributed by atoms with E-state index in [1.54, 1.807) is 17.1 Å². The number of methoxy groups -OCH3 is 1. The van der Waals surface area contributed by atoms with Crippen LogP contribution in [0, 0.1) is 13.8 Å². The van der Waals surface area contributed by atoms with Crippen LogP contribution in [0.5, 0.6) is 28.7 Å². The van der Waals surface area contributed by atoms with Crippen LogP contribution >= 0.6 is 0 Å². The number of amides is 2. The van der Waals surface area contributed by atoms with Crippen LogP contribution in [0.2, 0.25) is 0 Å². The fourth-order valence-electron chi connectivity index (χ4n) is 7.81. The number of piperazine rings is 1. The molecule has 16 heteroatoms. The van der Waals surface area contributed by atoms with E-state index in [4.69, 9.17) is 18.9 Å². The highest BCUT2D eigenvalue weighted by Gasteiger charge is 2.56. The van der Waals surface area contributed by atoms with Crippen LogP contribution in [0.3, 0.4) is 0 Å². The summed E-state index contributed by atoms with van der Waals surface area (Å²) in [5.74, 6) is -2.61. The molecule has 1 saturated heterocycles. The number of alkyl halides is 3. The average Bonchev–Trinajstić information content (AvgIpc) is 3.50. The number of esters is 1. The number of aliphatic hydroxyl groups is 1. The van der Waals surface area contributed by atoms with Crippen LogP contribution in [0.15, 0.2) is 6.07 Å². The molecule has 6 atom stereocenters. The second-order valence-corrected chi connectivity index (χ2v) is 12.6. The summed E-state index contributed by atoms with van der Waals surface area (Å²) in [7, 11) is 3.31. The molecule has 0 aromatic heterocycles. The summed E-state index contributed by atoms with van der Waals surface area (Å²) in [6.07, 6.45) is -5.76. The molecule has 1 fully saturated rings. The lowest BCUT2D eigenvalue weighted by atomic mass is 9.73. The van der Waals surface area contributed by atoms with Crippen LogP contribution in [0.1, 0.15) is 59.3 Å². The standard InChI is InChI=1S/C32H37F3N4O9/c1-12-7-16-8-19-30(43)39-18(23(38(19)5)21(16)24(41)25(12)45-6)9-17-22(28-27(46-11-47-28)13(2)26(17)48-15(4)40)20(39)10-36-29(42)14(3)37-31(44)32(33,34)35/h7,14,18-20,23,30,41,43H,8-11H2,1-6H3,(H,36,42)(H,37,44)/t14-,18?,19-,20-,23-,30?/m0/s1. The number of aromatic hydroxyl groups is 1. The van der Waals surface area contributed by atoms with Gasteiger partial charge in [-0.15, -0.1) is 0 Å². The minimum absolute atomic E-state index is 0.0360. The summed E-state index contributed by atoms with van der Waals surface area (Å²) >= 11 is 0. The predicted octanol–water partition coefficient (Wildman–Crippen LogP) is 2.05. The van der Waals surface area contributed by atoms with Crippen LogP contribution in [0.4, 0.5) is 13.2 Å². The van der Waals surface area contributed by atoms with E-state index in [1.165, 1.54) is 14.0 Å². The van der Waals surface area contributed by atoms with Crippen molar-refractivity contribution in [2.45, 2.75) is 83.1 Å². The van der Waals surface area contributed by atoms with Gasteiger partial charge >= 0.3 is 18.1 Å². The van der Waals surface area contributed by atoms with Gasteiger partial charge in [0, 0.05) is 41.8 Å². The van der Waals surface area contributed by atoms with Gasteiger partial charge < -0.3 is 39.8 Å². The normalized spacial score (nSPS) is 24.9. The molecule has 4 aliphatic heterocycles. The third kappa shape index (κ3) is 5.26. The lowest BCUT2D eigenvalue weighted by Crippen LogP contribution is -2.69. The molecule has 0 aliphatic carbocycles. The molecule has 4 N–H and O–H groups in total. The molecule has 0 spiro atoms. The number of likely N-dealkylation sites (N-methyl/N-ethyl adjacent to an activating group) is 1. The zero-order valence-electron chi connectivity index (χ0n) is 27.2. The van der Waals surface area contributed by atoms with Gasteiger partial charge in [0.15, 0.2) is 23.0 Å². The molecule has 4 heterocycles. The molecule has 2 bridgehead atoms. The van der Waals surface area contributed by atoms with Crippen molar-refractivity contribution in [3.63, 3.8) is 0 Å². The van der Waals surface area contributed by atoms with E-state index in [1.807, 2.05) is 24.9 Å². The fraction of sp³-hybridized carbons (Fsp3) is 0.531. The van der Waals surface area contributed by atoms with E-state index in [0.29, 0.717) is 45.9 Å². The fourth-order valence-corrected chi connectivity index (χ4v) is 7.81. The SMILES string of the molecule is COc1c(C)cc2c(c1O)[C@@H]1C3Cc4c(OC(C)=O)c(C)c5c(c4[C@H](CNC(=O)[C@H](C)NC(=O)C(F)(F)F)N3C(O)[C@H](C2)N1C)OCO5. The van der Waals surface area contributed by atoms with E-state index in [2.05, 4.69) is 5.32 Å². The molecule has 0 radical (unpaired) electrons. The van der Waals surface area contributed by atoms with Gasteiger partial charge in [0.25, 0.3) is 0 Å². The maximum atomic E-state index is 13.1. The van der Waals surface area contributed by atoms with Crippen LogP contribution in [-0.4, -0.2) is 95.8 Å². The van der Waals surface area contributed by atoms with Crippen LogP contribution < -0.4 is 29.6 Å². The lowest BCUT2D eigenvalue weighted by molar-refractivity contribution is -0.175. The monoisotopic (exact) mass is 678 g/mol. The van der Waals surface area contributed by atoms with Gasteiger partial charge in [-0.05, 0) is 51.8 Å². The molecule has 260 valence electrons. The Morgan fingerprint density at radius 3 is 2.44 bits per heavy atom. The van der Waals surface area contributed by atoms with E-state index in [0.717, 1.165) is 18.1 Å². The smallest absolute Gasteiger partial charge is 0.471 e.